The minimum atomic E-state index is -1.82. The highest BCUT2D eigenvalue weighted by atomic mass is 16.8. The van der Waals surface area contributed by atoms with E-state index in [1.807, 2.05) is 0 Å². The molecule has 25 nitrogen and oxygen atoms in total. The van der Waals surface area contributed by atoms with Crippen LogP contribution in [0.2, 0.25) is 0 Å². The predicted molar refractivity (Wildman–Crippen MR) is 190 cm³/mol. The van der Waals surface area contributed by atoms with Gasteiger partial charge in [0, 0.05) is 0 Å². The fourth-order valence-corrected chi connectivity index (χ4v) is 3.03. The number of benzene rings is 2. The van der Waals surface area contributed by atoms with Gasteiger partial charge in [0.25, 0.3) is 0 Å². The van der Waals surface area contributed by atoms with Crippen LogP contribution < -0.4 is 30.4 Å². The molecule has 0 unspecified atom stereocenters. The average molecular weight is 829 g/mol. The number of ether oxygens (including phenoxy) is 8. The van der Waals surface area contributed by atoms with E-state index in [1.54, 1.807) is 52.0 Å². The lowest BCUT2D eigenvalue weighted by atomic mass is 10.1. The number of carboxylic acids is 4. The quantitative estimate of drug-likeness (QED) is 0.0727. The summed E-state index contributed by atoms with van der Waals surface area (Å²) in [6.07, 6.45) is -2.32. The summed E-state index contributed by atoms with van der Waals surface area (Å²) in [5, 5.41) is 29.6. The highest BCUT2D eigenvalue weighted by Gasteiger charge is 2.17. The first-order chi connectivity index (χ1) is 25.5. The van der Waals surface area contributed by atoms with Gasteiger partial charge in [0.05, 0.1) is 26.4 Å². The van der Waals surface area contributed by atoms with Crippen molar-refractivity contribution in [2.75, 3.05) is 39.5 Å². The molecule has 0 amide bonds. The molecule has 14 N–H and O–H groups in total. The number of rotatable bonds is 12. The number of carboxylic acid groups (broad SMARTS) is 4. The first kappa shape index (κ1) is 59.5. The zero-order valence-electron chi connectivity index (χ0n) is 31.1. The van der Waals surface area contributed by atoms with Gasteiger partial charge in [0.2, 0.25) is 0 Å². The highest BCUT2D eigenvalue weighted by Crippen LogP contribution is 2.30. The topological polar surface area (TPSA) is 438 Å². The van der Waals surface area contributed by atoms with E-state index in [0.717, 1.165) is 11.1 Å². The molecular weight excluding hydrogens is 780 g/mol. The summed E-state index contributed by atoms with van der Waals surface area (Å²) in [6, 6.07) is 9.60. The maximum atomic E-state index is 11.4. The number of nitrogens with two attached hydrogens (primary N) is 2. The van der Waals surface area contributed by atoms with Crippen molar-refractivity contribution < 1.29 is 113 Å². The summed E-state index contributed by atoms with van der Waals surface area (Å²) >= 11 is 0. The van der Waals surface area contributed by atoms with Crippen LogP contribution in [0.3, 0.4) is 0 Å². The standard InChI is InChI=1S/2C14H19NO6.2C2H2O4.3H2O/c2*1-3-18-13(16)20-11-6-5-10(7-8-15)9-12(11)21-14(17)19-4-2;2*3-1(4)2(5)6;;;/h2*5-6,9H,3-4,7-8,15H2,1-2H3;2*(H,3,4)(H,5,6);3*1H2. The van der Waals surface area contributed by atoms with Gasteiger partial charge in [-0.2, -0.15) is 0 Å². The van der Waals surface area contributed by atoms with Gasteiger partial charge in [0.15, 0.2) is 23.0 Å². The largest absolute Gasteiger partial charge is 0.513 e. The van der Waals surface area contributed by atoms with Crippen LogP contribution in [0.15, 0.2) is 36.4 Å². The second-order valence-electron chi connectivity index (χ2n) is 9.00. The highest BCUT2D eigenvalue weighted by molar-refractivity contribution is 6.27. The molecule has 0 radical (unpaired) electrons. The Kier molecular flexibility index (Phi) is 36.5. The first-order valence-electron chi connectivity index (χ1n) is 15.5. The van der Waals surface area contributed by atoms with Crippen LogP contribution in [-0.4, -0.2) is 125 Å². The van der Waals surface area contributed by atoms with Gasteiger partial charge in [-0.1, -0.05) is 12.1 Å². The lowest BCUT2D eigenvalue weighted by molar-refractivity contribution is -0.159. The number of carbonyl (C=O) groups is 8. The summed E-state index contributed by atoms with van der Waals surface area (Å²) in [4.78, 5) is 81.9. The van der Waals surface area contributed by atoms with Crippen molar-refractivity contribution in [2.45, 2.75) is 40.5 Å². The molecule has 0 saturated carbocycles. The Morgan fingerprint density at radius 2 is 0.667 bits per heavy atom. The van der Waals surface area contributed by atoms with E-state index >= 15 is 0 Å². The van der Waals surface area contributed by atoms with Crippen molar-refractivity contribution in [3.8, 4) is 23.0 Å². The van der Waals surface area contributed by atoms with E-state index in [1.165, 1.54) is 12.1 Å². The van der Waals surface area contributed by atoms with E-state index in [4.69, 9.17) is 79.5 Å². The SMILES string of the molecule is CCOC(=O)Oc1ccc(CCN)cc1OC(=O)OCC.CCOC(=O)Oc1ccc(CCN)cc1OC(=O)OCC.O.O.O.O=C(O)C(=O)O.O=C(O)C(=O)O. The maximum absolute atomic E-state index is 11.4. The van der Waals surface area contributed by atoms with Gasteiger partial charge in [-0.15, -0.1) is 0 Å². The third-order valence-corrected chi connectivity index (χ3v) is 5.07. The molecule has 0 saturated heterocycles. The van der Waals surface area contributed by atoms with E-state index in [-0.39, 0.29) is 65.9 Å². The monoisotopic (exact) mass is 828 g/mol. The van der Waals surface area contributed by atoms with Crippen molar-refractivity contribution in [1.82, 2.24) is 0 Å². The van der Waals surface area contributed by atoms with Gasteiger partial charge in [0.1, 0.15) is 0 Å². The molecule has 25 heteroatoms. The molecule has 2 aromatic carbocycles. The van der Waals surface area contributed by atoms with E-state index in [9.17, 15) is 19.2 Å². The van der Waals surface area contributed by atoms with Crippen LogP contribution in [0.1, 0.15) is 38.8 Å². The molecule has 324 valence electrons. The van der Waals surface area contributed by atoms with Gasteiger partial charge >= 0.3 is 48.5 Å². The van der Waals surface area contributed by atoms with Crippen molar-refractivity contribution in [3.63, 3.8) is 0 Å². The number of hydrogen-bond donors (Lipinski definition) is 6. The van der Waals surface area contributed by atoms with Crippen LogP contribution >= 0.6 is 0 Å². The first-order valence-corrected chi connectivity index (χ1v) is 15.5. The van der Waals surface area contributed by atoms with E-state index in [0.29, 0.717) is 25.9 Å². The second-order valence-corrected chi connectivity index (χ2v) is 9.00. The molecule has 2 aromatic rings. The number of aliphatic carboxylic acids is 4. The van der Waals surface area contributed by atoms with Crippen molar-refractivity contribution >= 4 is 48.5 Å². The van der Waals surface area contributed by atoms with Crippen LogP contribution in [0.4, 0.5) is 19.2 Å². The molecular formula is C32H48N2O23. The molecule has 0 atom stereocenters. The van der Waals surface area contributed by atoms with Crippen LogP contribution in [-0.2, 0) is 51.0 Å². The third kappa shape index (κ3) is 29.3. The van der Waals surface area contributed by atoms with Crippen molar-refractivity contribution in [1.29, 1.82) is 0 Å². The molecule has 0 bridgehead atoms. The smallest absolute Gasteiger partial charge is 0.473 e. The molecule has 57 heavy (non-hydrogen) atoms. The fraction of sp³-hybridized carbons (Fsp3) is 0.375. The lowest BCUT2D eigenvalue weighted by Crippen LogP contribution is -2.14. The van der Waals surface area contributed by atoms with Crippen molar-refractivity contribution in [3.05, 3.63) is 47.5 Å². The summed E-state index contributed by atoms with van der Waals surface area (Å²) in [7, 11) is 0. The van der Waals surface area contributed by atoms with Crippen molar-refractivity contribution in [2.24, 2.45) is 11.5 Å². The zero-order valence-corrected chi connectivity index (χ0v) is 31.1. The lowest BCUT2D eigenvalue weighted by Gasteiger charge is -2.11. The average Bonchev–Trinajstić information content (AvgIpc) is 3.08. The van der Waals surface area contributed by atoms with Gasteiger partial charge in [-0.3, -0.25) is 0 Å². The zero-order chi connectivity index (χ0) is 41.6. The summed E-state index contributed by atoms with van der Waals surface area (Å²) < 4.78 is 38.7. The molecule has 0 aromatic heterocycles. The van der Waals surface area contributed by atoms with E-state index < -0.39 is 48.5 Å². The molecule has 0 spiro atoms. The molecule has 0 aliphatic carbocycles. The molecule has 0 heterocycles. The van der Waals surface area contributed by atoms with Gasteiger partial charge in [-0.05, 0) is 89.0 Å². The van der Waals surface area contributed by atoms with E-state index in [2.05, 4.69) is 9.47 Å². The Balaban J connectivity index is -0.000000236. The minimum Gasteiger partial charge on any atom is -0.473 e. The van der Waals surface area contributed by atoms with Gasteiger partial charge < -0.3 is 86.2 Å². The van der Waals surface area contributed by atoms with Gasteiger partial charge in [-0.25, -0.2) is 38.4 Å². The molecule has 2 rings (SSSR count). The predicted octanol–water partition coefficient (Wildman–Crippen LogP) is 0.354. The number of hydrogen-bond acceptors (Lipinski definition) is 18. The Hall–Kier alpha value is -6.80. The van der Waals surface area contributed by atoms with Crippen LogP contribution in [0.25, 0.3) is 0 Å². The Morgan fingerprint density at radius 3 is 0.860 bits per heavy atom. The molecule has 0 aliphatic heterocycles. The normalized spacial score (nSPS) is 8.81. The minimum absolute atomic E-state index is 0. The summed E-state index contributed by atoms with van der Waals surface area (Å²) in [6.45, 7) is 8.21. The second kappa shape index (κ2) is 34.9. The maximum Gasteiger partial charge on any atom is 0.513 e. The third-order valence-electron chi connectivity index (χ3n) is 5.07. The summed E-state index contributed by atoms with van der Waals surface area (Å²) in [5.74, 6) is -7.00. The van der Waals surface area contributed by atoms with Crippen LogP contribution in [0, 0.1) is 0 Å². The Labute approximate surface area is 323 Å². The van der Waals surface area contributed by atoms with Crippen LogP contribution in [0.5, 0.6) is 23.0 Å². The number of carbonyl (C=O) groups excluding carboxylic acids is 4. The molecule has 0 fully saturated rings. The Morgan fingerprint density at radius 1 is 0.439 bits per heavy atom. The Bertz CT molecular complexity index is 1410. The molecule has 0 aliphatic rings. The fourth-order valence-electron chi connectivity index (χ4n) is 3.03. The summed E-state index contributed by atoms with van der Waals surface area (Å²) in [5.41, 5.74) is 12.6.